The molecule has 4 fully saturated rings. The van der Waals surface area contributed by atoms with Gasteiger partial charge in [0.05, 0.1) is 21.2 Å². The average molecular weight is 788 g/mol. The molecule has 1 aliphatic heterocycles. The molecular weight excluding hydrogens is 747 g/mol. The van der Waals surface area contributed by atoms with Crippen LogP contribution in [-0.2, 0) is 5.41 Å². The molecular formula is C57H41NOS. The van der Waals surface area contributed by atoms with Crippen molar-refractivity contribution in [1.82, 2.24) is 4.98 Å². The smallest absolute Gasteiger partial charge is 0.149 e. The molecule has 1 aromatic heterocycles. The highest BCUT2D eigenvalue weighted by Crippen LogP contribution is 2.73. The standard InChI is InChI=1S/C57H41NOS/c1-2-12-35(13-3-1)39-30-48(38-23-22-36-14-4-5-15-37(36)29-38)58-49(31-39)46-32-47-52(43-17-7-6-16-42(43)46)53-54(57(47)40-25-33-24-34(27-40)28-41(57)26-33)44-18-8-9-19-45(44)55-56(53)60-51-21-11-10-20-50(51)59-55/h1-23,29-34,40-41H,24-28H2. The molecule has 0 radical (unpaired) electrons. The molecule has 286 valence electrons. The lowest BCUT2D eigenvalue weighted by Gasteiger charge is -2.61. The predicted octanol–water partition coefficient (Wildman–Crippen LogP) is 15.5. The van der Waals surface area contributed by atoms with Crippen LogP contribution in [0.1, 0.15) is 43.2 Å². The summed E-state index contributed by atoms with van der Waals surface area (Å²) in [6.07, 6.45) is 6.70. The second-order valence-corrected chi connectivity index (χ2v) is 19.3. The number of fused-ring (bicyclic) bond motifs is 12. The minimum absolute atomic E-state index is 0.0821. The van der Waals surface area contributed by atoms with Crippen molar-refractivity contribution in [2.45, 2.75) is 47.3 Å². The predicted molar refractivity (Wildman–Crippen MR) is 247 cm³/mol. The van der Waals surface area contributed by atoms with E-state index in [4.69, 9.17) is 9.72 Å². The van der Waals surface area contributed by atoms with Gasteiger partial charge < -0.3 is 4.74 Å². The molecule has 5 aliphatic carbocycles. The van der Waals surface area contributed by atoms with E-state index in [1.54, 1.807) is 5.56 Å². The number of ether oxygens (including phenoxy) is 1. The summed E-state index contributed by atoms with van der Waals surface area (Å²) in [4.78, 5) is 8.16. The van der Waals surface area contributed by atoms with Gasteiger partial charge in [-0.1, -0.05) is 139 Å². The van der Waals surface area contributed by atoms with E-state index in [1.807, 2.05) is 11.8 Å². The molecule has 4 bridgehead atoms. The van der Waals surface area contributed by atoms with Crippen LogP contribution in [0.3, 0.4) is 0 Å². The molecule has 9 aromatic rings. The van der Waals surface area contributed by atoms with Crippen molar-refractivity contribution < 1.29 is 4.74 Å². The van der Waals surface area contributed by atoms with Gasteiger partial charge in [-0.3, -0.25) is 0 Å². The van der Waals surface area contributed by atoms with E-state index in [9.17, 15) is 0 Å². The zero-order valence-corrected chi connectivity index (χ0v) is 34.0. The summed E-state index contributed by atoms with van der Waals surface area (Å²) in [6, 6.07) is 60.7. The van der Waals surface area contributed by atoms with E-state index in [1.165, 1.54) is 108 Å². The Balaban J connectivity index is 1.09. The summed E-state index contributed by atoms with van der Waals surface area (Å²) < 4.78 is 7.04. The van der Waals surface area contributed by atoms with Crippen molar-refractivity contribution in [1.29, 1.82) is 0 Å². The Morgan fingerprint density at radius 3 is 1.98 bits per heavy atom. The Bertz CT molecular complexity index is 3260. The lowest BCUT2D eigenvalue weighted by atomic mass is 9.43. The second-order valence-electron chi connectivity index (χ2n) is 18.2. The number of hydrogen-bond acceptors (Lipinski definition) is 3. The Morgan fingerprint density at radius 1 is 0.500 bits per heavy atom. The second kappa shape index (κ2) is 12.4. The van der Waals surface area contributed by atoms with Crippen molar-refractivity contribution in [3.8, 4) is 56.3 Å². The molecule has 8 aromatic carbocycles. The van der Waals surface area contributed by atoms with Gasteiger partial charge in [-0.05, 0) is 147 Å². The van der Waals surface area contributed by atoms with E-state index >= 15 is 0 Å². The minimum atomic E-state index is -0.0821. The van der Waals surface area contributed by atoms with Crippen molar-refractivity contribution in [3.05, 3.63) is 175 Å². The summed E-state index contributed by atoms with van der Waals surface area (Å²) in [5.74, 6) is 4.85. The molecule has 15 rings (SSSR count). The lowest BCUT2D eigenvalue weighted by Crippen LogP contribution is -2.55. The highest BCUT2D eigenvalue weighted by atomic mass is 32.2. The highest BCUT2D eigenvalue weighted by molar-refractivity contribution is 7.99. The van der Waals surface area contributed by atoms with Crippen LogP contribution in [0.2, 0.25) is 0 Å². The molecule has 4 saturated carbocycles. The Labute approximate surface area is 354 Å². The summed E-state index contributed by atoms with van der Waals surface area (Å²) in [6.45, 7) is 0. The summed E-state index contributed by atoms with van der Waals surface area (Å²) in [5, 5.41) is 7.68. The maximum Gasteiger partial charge on any atom is 0.149 e. The zero-order chi connectivity index (χ0) is 39.1. The van der Waals surface area contributed by atoms with Gasteiger partial charge in [0.25, 0.3) is 0 Å². The number of nitrogens with zero attached hydrogens (tertiary/aromatic N) is 1. The third-order valence-corrected chi connectivity index (χ3v) is 16.4. The van der Waals surface area contributed by atoms with E-state index < -0.39 is 0 Å². The van der Waals surface area contributed by atoms with E-state index in [0.29, 0.717) is 11.8 Å². The van der Waals surface area contributed by atoms with Gasteiger partial charge in [0, 0.05) is 27.5 Å². The van der Waals surface area contributed by atoms with Crippen LogP contribution >= 0.6 is 11.8 Å². The third-order valence-electron chi connectivity index (χ3n) is 15.2. The normalized spacial score (nSPS) is 22.8. The van der Waals surface area contributed by atoms with Crippen LogP contribution in [0.5, 0.6) is 11.5 Å². The van der Waals surface area contributed by atoms with Crippen LogP contribution in [0.25, 0.3) is 77.1 Å². The van der Waals surface area contributed by atoms with Crippen molar-refractivity contribution in [2.75, 3.05) is 0 Å². The zero-order valence-electron chi connectivity index (χ0n) is 33.2. The van der Waals surface area contributed by atoms with Crippen LogP contribution in [-0.4, -0.2) is 4.98 Å². The molecule has 0 amide bonds. The van der Waals surface area contributed by atoms with Crippen LogP contribution in [0, 0.1) is 23.7 Å². The number of benzene rings is 8. The van der Waals surface area contributed by atoms with Crippen molar-refractivity contribution in [3.63, 3.8) is 0 Å². The van der Waals surface area contributed by atoms with Gasteiger partial charge in [-0.25, -0.2) is 4.98 Å². The Kier molecular flexibility index (Phi) is 6.98. The molecule has 1 spiro atoms. The van der Waals surface area contributed by atoms with Gasteiger partial charge in [-0.2, -0.15) is 0 Å². The fourth-order valence-electron chi connectivity index (χ4n) is 13.1. The van der Waals surface area contributed by atoms with E-state index in [0.717, 1.165) is 40.3 Å². The fourth-order valence-corrected chi connectivity index (χ4v) is 14.3. The first-order valence-corrected chi connectivity index (χ1v) is 22.7. The summed E-state index contributed by atoms with van der Waals surface area (Å²) in [7, 11) is 0. The number of rotatable bonds is 3. The van der Waals surface area contributed by atoms with Gasteiger partial charge in [-0.15, -0.1) is 0 Å². The van der Waals surface area contributed by atoms with Crippen molar-refractivity contribution in [2.24, 2.45) is 23.7 Å². The van der Waals surface area contributed by atoms with Gasteiger partial charge >= 0.3 is 0 Å². The topological polar surface area (TPSA) is 22.1 Å². The lowest BCUT2D eigenvalue weighted by molar-refractivity contribution is -0.0393. The molecule has 2 nitrogen and oxygen atoms in total. The third kappa shape index (κ3) is 4.59. The maximum absolute atomic E-state index is 7.04. The quantitative estimate of drug-likeness (QED) is 0.178. The molecule has 3 heteroatoms. The molecule has 0 unspecified atom stereocenters. The Morgan fingerprint density at radius 2 is 1.17 bits per heavy atom. The highest BCUT2D eigenvalue weighted by Gasteiger charge is 2.63. The maximum atomic E-state index is 7.04. The average Bonchev–Trinajstić information content (AvgIpc) is 3.61. The fraction of sp³-hybridized carbons (Fsp3) is 0.175. The number of hydrogen-bond donors (Lipinski definition) is 0. The summed E-state index contributed by atoms with van der Waals surface area (Å²) >= 11 is 1.92. The Hall–Kier alpha value is -6.16. The molecule has 0 atom stereocenters. The minimum Gasteiger partial charge on any atom is -0.454 e. The molecule has 0 N–H and O–H groups in total. The molecule has 2 heterocycles. The molecule has 0 saturated heterocycles. The summed E-state index contributed by atoms with van der Waals surface area (Å²) in [5.41, 5.74) is 12.7. The molecule has 60 heavy (non-hydrogen) atoms. The number of aromatic nitrogens is 1. The number of para-hydroxylation sites is 1. The van der Waals surface area contributed by atoms with Crippen LogP contribution in [0.4, 0.5) is 0 Å². The van der Waals surface area contributed by atoms with Crippen molar-refractivity contribution >= 4 is 44.1 Å². The monoisotopic (exact) mass is 787 g/mol. The van der Waals surface area contributed by atoms with Crippen LogP contribution in [0.15, 0.2) is 174 Å². The van der Waals surface area contributed by atoms with Gasteiger partial charge in [0.1, 0.15) is 11.5 Å². The van der Waals surface area contributed by atoms with Gasteiger partial charge in [0.2, 0.25) is 0 Å². The van der Waals surface area contributed by atoms with Crippen LogP contribution < -0.4 is 4.74 Å². The number of pyridine rings is 1. The largest absolute Gasteiger partial charge is 0.454 e. The first-order chi connectivity index (χ1) is 29.7. The molecule has 6 aliphatic rings. The van der Waals surface area contributed by atoms with Gasteiger partial charge in [0.15, 0.2) is 0 Å². The van der Waals surface area contributed by atoms with E-state index in [2.05, 4.69) is 164 Å². The first kappa shape index (κ1) is 33.6. The first-order valence-electron chi connectivity index (χ1n) is 21.9. The van der Waals surface area contributed by atoms with E-state index in [-0.39, 0.29) is 5.41 Å². The SMILES string of the molecule is c1ccc(-c2cc(-c3ccc4ccccc4c3)nc(-c3cc4c(c5ccccc35)-c3c5c(c6ccccc6c3C43C4CC6CC(C4)CC3C6)Oc3ccccc3S5)c2)cc1.